The highest BCUT2D eigenvalue weighted by molar-refractivity contribution is 6.09. The topological polar surface area (TPSA) is 44.9 Å². The molecule has 7 rings (SSSR count). The van der Waals surface area contributed by atoms with E-state index >= 15 is 0 Å². The van der Waals surface area contributed by atoms with Crippen molar-refractivity contribution >= 4 is 21.8 Å². The summed E-state index contributed by atoms with van der Waals surface area (Å²) in [5, 5.41) is 7.71. The van der Waals surface area contributed by atoms with Crippen LogP contribution in [0.25, 0.3) is 33.3 Å². The summed E-state index contributed by atoms with van der Waals surface area (Å²) in [7, 11) is 0. The molecule has 0 amide bonds. The van der Waals surface area contributed by atoms with Crippen molar-refractivity contribution in [2.75, 3.05) is 0 Å². The average molecular weight is 693 g/mol. The molecule has 1 aliphatic rings. The zero-order chi connectivity index (χ0) is 37.3. The molecule has 0 fully saturated rings. The van der Waals surface area contributed by atoms with Crippen LogP contribution in [0.15, 0.2) is 90.6 Å². The van der Waals surface area contributed by atoms with E-state index < -0.39 is 0 Å². The van der Waals surface area contributed by atoms with Crippen LogP contribution < -0.4 is 4.74 Å². The van der Waals surface area contributed by atoms with E-state index in [4.69, 9.17) is 14.8 Å². The molecule has 0 radical (unpaired) electrons. The molecule has 0 aliphatic heterocycles. The van der Waals surface area contributed by atoms with E-state index in [2.05, 4.69) is 171 Å². The van der Waals surface area contributed by atoms with Crippen LogP contribution in [-0.4, -0.2) is 19.3 Å². The van der Waals surface area contributed by atoms with Crippen molar-refractivity contribution in [3.05, 3.63) is 119 Å². The summed E-state index contributed by atoms with van der Waals surface area (Å²) in [6.45, 7) is 27.5. The zero-order valence-electron chi connectivity index (χ0n) is 33.3. The average Bonchev–Trinajstić information content (AvgIpc) is 3.58. The van der Waals surface area contributed by atoms with Crippen LogP contribution in [0, 0.1) is 18.8 Å². The van der Waals surface area contributed by atoms with Gasteiger partial charge in [-0.1, -0.05) is 99.1 Å². The number of aromatic nitrogens is 4. The third-order valence-electron chi connectivity index (χ3n) is 11.0. The highest BCUT2D eigenvalue weighted by Crippen LogP contribution is 2.46. The third-order valence-corrected chi connectivity index (χ3v) is 11.0. The Balaban J connectivity index is 1.38. The standard InChI is InChI=1S/C47H56N4O/c1-28(2)33-19-20-48-42(23-33)50-40-16-14-13-15-38(40)39-18-17-36(27-41(39)50)52-37-25-34(46(7,8)9)24-35(26-37)51-45(47(10,11)12)44(32(6)49-51)43-30(4)21-29(3)22-31(43)5/h13-21,23-29,31,43H,22H2,1-12H3/t29-,31-,43?/m0/s1. The first-order valence-electron chi connectivity index (χ1n) is 19.1. The normalized spacial score (nSPS) is 18.4. The van der Waals surface area contributed by atoms with Crippen LogP contribution in [0.2, 0.25) is 0 Å². The minimum atomic E-state index is -0.127. The molecule has 3 atom stereocenters. The lowest BCUT2D eigenvalue weighted by molar-refractivity contribution is 0.385. The maximum absolute atomic E-state index is 6.87. The van der Waals surface area contributed by atoms with Crippen LogP contribution in [0.4, 0.5) is 0 Å². The van der Waals surface area contributed by atoms with Gasteiger partial charge >= 0.3 is 0 Å². The summed E-state index contributed by atoms with van der Waals surface area (Å²) in [6.07, 6.45) is 5.59. The molecule has 3 heterocycles. The van der Waals surface area contributed by atoms with Crippen molar-refractivity contribution < 1.29 is 4.74 Å². The molecule has 5 heteroatoms. The number of hydrogen-bond donors (Lipinski definition) is 0. The smallest absolute Gasteiger partial charge is 0.137 e. The SMILES string of the molecule is CC1=C[C@H](C)C[C@H](C)C1c1c(C)nn(-c2cc(Oc3ccc4c5ccccc5n(-c5cc(C(C)C)ccn5)c4c3)cc(C(C)(C)C)c2)c1C(C)(C)C. The third kappa shape index (κ3) is 6.48. The molecule has 3 aromatic heterocycles. The molecule has 52 heavy (non-hydrogen) atoms. The summed E-state index contributed by atoms with van der Waals surface area (Å²) in [6, 6.07) is 26.0. The number of fused-ring (bicyclic) bond motifs is 3. The van der Waals surface area contributed by atoms with Crippen LogP contribution in [0.1, 0.15) is 122 Å². The van der Waals surface area contributed by atoms with Gasteiger partial charge in [0.1, 0.15) is 17.3 Å². The number of allylic oxidation sites excluding steroid dienone is 2. The molecule has 0 saturated heterocycles. The number of nitrogens with zero attached hydrogens (tertiary/aromatic N) is 4. The van der Waals surface area contributed by atoms with E-state index in [9.17, 15) is 0 Å². The van der Waals surface area contributed by atoms with E-state index in [1.165, 1.54) is 45.2 Å². The molecule has 5 nitrogen and oxygen atoms in total. The molecule has 270 valence electrons. The van der Waals surface area contributed by atoms with Gasteiger partial charge in [0.05, 0.1) is 28.1 Å². The first kappa shape index (κ1) is 35.7. The second-order valence-electron chi connectivity index (χ2n) is 17.8. The number of hydrogen-bond acceptors (Lipinski definition) is 3. The quantitative estimate of drug-likeness (QED) is 0.163. The van der Waals surface area contributed by atoms with Crippen molar-refractivity contribution in [3.63, 3.8) is 0 Å². The van der Waals surface area contributed by atoms with Gasteiger partial charge in [-0.05, 0) is 97.0 Å². The highest BCUT2D eigenvalue weighted by Gasteiger charge is 2.36. The van der Waals surface area contributed by atoms with Gasteiger partial charge in [0.25, 0.3) is 0 Å². The van der Waals surface area contributed by atoms with E-state index in [0.717, 1.165) is 39.7 Å². The molecule has 0 saturated carbocycles. The Kier molecular flexibility index (Phi) is 9.00. The molecule has 0 spiro atoms. The summed E-state index contributed by atoms with van der Waals surface area (Å²) in [5.74, 6) is 4.41. The molecular weight excluding hydrogens is 637 g/mol. The van der Waals surface area contributed by atoms with Gasteiger partial charge in [0.2, 0.25) is 0 Å². The first-order chi connectivity index (χ1) is 24.5. The Labute approximate surface area is 310 Å². The fourth-order valence-corrected chi connectivity index (χ4v) is 8.63. The Hall–Kier alpha value is -4.64. The van der Waals surface area contributed by atoms with Gasteiger partial charge in [-0.2, -0.15) is 5.10 Å². The van der Waals surface area contributed by atoms with E-state index in [0.29, 0.717) is 23.7 Å². The number of pyridine rings is 1. The number of ether oxygens (including phenoxy) is 1. The van der Waals surface area contributed by atoms with E-state index in [1.54, 1.807) is 0 Å². The van der Waals surface area contributed by atoms with Gasteiger partial charge in [-0.3, -0.25) is 4.57 Å². The zero-order valence-corrected chi connectivity index (χ0v) is 33.3. The molecule has 1 unspecified atom stereocenters. The van der Waals surface area contributed by atoms with Crippen molar-refractivity contribution in [1.29, 1.82) is 0 Å². The second-order valence-corrected chi connectivity index (χ2v) is 17.8. The Morgan fingerprint density at radius 1 is 0.788 bits per heavy atom. The Morgan fingerprint density at radius 3 is 2.21 bits per heavy atom. The maximum Gasteiger partial charge on any atom is 0.137 e. The molecule has 3 aromatic carbocycles. The number of rotatable bonds is 6. The minimum Gasteiger partial charge on any atom is -0.457 e. The van der Waals surface area contributed by atoms with Gasteiger partial charge in [-0.25, -0.2) is 9.67 Å². The van der Waals surface area contributed by atoms with Crippen molar-refractivity contribution in [2.24, 2.45) is 11.8 Å². The molecule has 1 aliphatic carbocycles. The Bertz CT molecular complexity index is 2320. The number of aryl methyl sites for hydroxylation is 1. The predicted molar refractivity (Wildman–Crippen MR) is 218 cm³/mol. The highest BCUT2D eigenvalue weighted by atomic mass is 16.5. The maximum atomic E-state index is 6.87. The van der Waals surface area contributed by atoms with Crippen LogP contribution >= 0.6 is 0 Å². The number of para-hydroxylation sites is 1. The lowest BCUT2D eigenvalue weighted by Gasteiger charge is -2.34. The fraction of sp³-hybridized carbons (Fsp3) is 0.404. The molecule has 0 N–H and O–H groups in total. The van der Waals surface area contributed by atoms with E-state index in [1.807, 2.05) is 6.20 Å². The summed E-state index contributed by atoms with van der Waals surface area (Å²) >= 11 is 0. The van der Waals surface area contributed by atoms with Crippen LogP contribution in [0.5, 0.6) is 11.5 Å². The van der Waals surface area contributed by atoms with Crippen LogP contribution in [0.3, 0.4) is 0 Å². The van der Waals surface area contributed by atoms with Crippen molar-refractivity contribution in [3.8, 4) is 23.0 Å². The molecule has 0 bridgehead atoms. The van der Waals surface area contributed by atoms with Gasteiger partial charge in [0, 0.05) is 46.0 Å². The largest absolute Gasteiger partial charge is 0.457 e. The molecular formula is C47H56N4O. The Morgan fingerprint density at radius 2 is 1.52 bits per heavy atom. The van der Waals surface area contributed by atoms with Crippen molar-refractivity contribution in [2.45, 2.75) is 112 Å². The lowest BCUT2D eigenvalue weighted by atomic mass is 9.70. The fourth-order valence-electron chi connectivity index (χ4n) is 8.63. The van der Waals surface area contributed by atoms with Crippen LogP contribution in [-0.2, 0) is 10.8 Å². The monoisotopic (exact) mass is 692 g/mol. The van der Waals surface area contributed by atoms with Gasteiger partial charge in [0.15, 0.2) is 0 Å². The predicted octanol–water partition coefficient (Wildman–Crippen LogP) is 12.9. The van der Waals surface area contributed by atoms with Gasteiger partial charge < -0.3 is 4.74 Å². The summed E-state index contributed by atoms with van der Waals surface area (Å²) < 4.78 is 11.4. The first-order valence-corrected chi connectivity index (χ1v) is 19.1. The summed E-state index contributed by atoms with van der Waals surface area (Å²) in [4.78, 5) is 4.85. The lowest BCUT2D eigenvalue weighted by Crippen LogP contribution is -2.25. The summed E-state index contributed by atoms with van der Waals surface area (Å²) in [5.41, 5.74) is 10.7. The second kappa shape index (κ2) is 13.1. The van der Waals surface area contributed by atoms with Crippen molar-refractivity contribution in [1.82, 2.24) is 19.3 Å². The number of benzene rings is 3. The van der Waals surface area contributed by atoms with Gasteiger partial charge in [-0.15, -0.1) is 0 Å². The van der Waals surface area contributed by atoms with E-state index in [-0.39, 0.29) is 10.8 Å². The minimum absolute atomic E-state index is 0.0993. The molecule has 6 aromatic rings.